The van der Waals surface area contributed by atoms with Crippen LogP contribution in [0.3, 0.4) is 0 Å². The van der Waals surface area contributed by atoms with Gasteiger partial charge in [0.05, 0.1) is 0 Å². The molecule has 4 aliphatic rings. The predicted octanol–water partition coefficient (Wildman–Crippen LogP) is 1.61. The van der Waals surface area contributed by atoms with E-state index in [-0.39, 0.29) is 0 Å². The summed E-state index contributed by atoms with van der Waals surface area (Å²) in [6.07, 6.45) is 5.80. The first-order chi connectivity index (χ1) is 6.67. The zero-order valence-corrected chi connectivity index (χ0v) is 9.42. The van der Waals surface area contributed by atoms with E-state index in [1.54, 1.807) is 0 Å². The van der Waals surface area contributed by atoms with Gasteiger partial charge in [-0.15, -0.1) is 0 Å². The first kappa shape index (κ1) is 9.17. The lowest BCUT2D eigenvalue weighted by atomic mass is 9.49. The SMILES string of the molecule is CC(C)N1CC[C@H](NC23CC(C2)C3)C1. The first-order valence-corrected chi connectivity index (χ1v) is 6.19. The van der Waals surface area contributed by atoms with Gasteiger partial charge in [-0.1, -0.05) is 0 Å². The Kier molecular flexibility index (Phi) is 1.94. The van der Waals surface area contributed by atoms with Crippen molar-refractivity contribution in [1.29, 1.82) is 0 Å². The predicted molar refractivity (Wildman–Crippen MR) is 58.3 cm³/mol. The highest BCUT2D eigenvalue weighted by molar-refractivity contribution is 5.15. The van der Waals surface area contributed by atoms with E-state index in [1.807, 2.05) is 0 Å². The van der Waals surface area contributed by atoms with Crippen LogP contribution >= 0.6 is 0 Å². The first-order valence-electron chi connectivity index (χ1n) is 6.19. The summed E-state index contributed by atoms with van der Waals surface area (Å²) in [6, 6.07) is 1.52. The Bertz CT molecular complexity index is 219. The van der Waals surface area contributed by atoms with Gasteiger partial charge in [0.1, 0.15) is 0 Å². The van der Waals surface area contributed by atoms with E-state index in [0.29, 0.717) is 5.54 Å². The summed E-state index contributed by atoms with van der Waals surface area (Å²) in [5, 5.41) is 3.90. The largest absolute Gasteiger partial charge is 0.307 e. The Morgan fingerprint density at radius 1 is 1.29 bits per heavy atom. The number of nitrogens with zero attached hydrogens (tertiary/aromatic N) is 1. The lowest BCUT2D eigenvalue weighted by Crippen LogP contribution is -2.69. The normalized spacial score (nSPS) is 46.5. The van der Waals surface area contributed by atoms with E-state index in [9.17, 15) is 0 Å². The van der Waals surface area contributed by atoms with Crippen LogP contribution in [0.1, 0.15) is 39.5 Å². The quantitative estimate of drug-likeness (QED) is 0.734. The average molecular weight is 194 g/mol. The van der Waals surface area contributed by atoms with Gasteiger partial charge in [-0.25, -0.2) is 0 Å². The van der Waals surface area contributed by atoms with E-state index >= 15 is 0 Å². The molecule has 80 valence electrons. The standard InChI is InChI=1S/C12H22N2/c1-9(2)14-4-3-11(8-14)13-12-5-10(6-12)7-12/h9-11,13H,3-8H2,1-2H3/t10?,11-,12?/m0/s1. The minimum atomic E-state index is 0.627. The van der Waals surface area contributed by atoms with Gasteiger partial charge in [-0.2, -0.15) is 0 Å². The Hall–Kier alpha value is -0.0800. The summed E-state index contributed by atoms with van der Waals surface area (Å²) in [6.45, 7) is 7.20. The molecule has 0 unspecified atom stereocenters. The van der Waals surface area contributed by atoms with Crippen molar-refractivity contribution in [2.45, 2.75) is 57.2 Å². The summed E-state index contributed by atoms with van der Waals surface area (Å²) in [5.41, 5.74) is 0.627. The van der Waals surface area contributed by atoms with Crippen LogP contribution in [0, 0.1) is 5.92 Å². The van der Waals surface area contributed by atoms with Crippen LogP contribution in [0.15, 0.2) is 0 Å². The number of hydrogen-bond acceptors (Lipinski definition) is 2. The number of nitrogens with one attached hydrogen (secondary N) is 1. The molecule has 0 radical (unpaired) electrons. The summed E-state index contributed by atoms with van der Waals surface area (Å²) >= 11 is 0. The second kappa shape index (κ2) is 2.96. The minimum absolute atomic E-state index is 0.627. The Morgan fingerprint density at radius 3 is 2.43 bits per heavy atom. The van der Waals surface area contributed by atoms with Crippen LogP contribution in [0.25, 0.3) is 0 Å². The summed E-state index contributed by atoms with van der Waals surface area (Å²) in [4.78, 5) is 2.60. The molecule has 1 saturated heterocycles. The van der Waals surface area contributed by atoms with Crippen molar-refractivity contribution in [3.63, 3.8) is 0 Å². The molecule has 0 aromatic rings. The maximum absolute atomic E-state index is 3.90. The van der Waals surface area contributed by atoms with Crippen LogP contribution in [-0.4, -0.2) is 35.6 Å². The highest BCUT2D eigenvalue weighted by Gasteiger charge is 2.57. The molecule has 2 nitrogen and oxygen atoms in total. The molecule has 2 bridgehead atoms. The van der Waals surface area contributed by atoms with Crippen molar-refractivity contribution in [2.75, 3.05) is 13.1 Å². The van der Waals surface area contributed by atoms with Crippen LogP contribution in [0.5, 0.6) is 0 Å². The Labute approximate surface area is 87.0 Å². The second-order valence-electron chi connectivity index (χ2n) is 5.98. The zero-order valence-electron chi connectivity index (χ0n) is 9.42. The second-order valence-corrected chi connectivity index (χ2v) is 5.98. The lowest BCUT2D eigenvalue weighted by molar-refractivity contribution is -0.0581. The fourth-order valence-corrected chi connectivity index (χ4v) is 3.46. The molecule has 1 atom stereocenters. The third-order valence-corrected chi connectivity index (χ3v) is 4.50. The minimum Gasteiger partial charge on any atom is -0.307 e. The molecular weight excluding hydrogens is 172 g/mol. The number of rotatable bonds is 3. The van der Waals surface area contributed by atoms with Gasteiger partial charge in [-0.05, 0) is 52.0 Å². The monoisotopic (exact) mass is 194 g/mol. The molecule has 0 aromatic carbocycles. The van der Waals surface area contributed by atoms with Crippen molar-refractivity contribution in [1.82, 2.24) is 10.2 Å². The van der Waals surface area contributed by atoms with Crippen LogP contribution in [0.2, 0.25) is 0 Å². The molecule has 1 N–H and O–H groups in total. The number of likely N-dealkylation sites (tertiary alicyclic amines) is 1. The molecule has 2 heteroatoms. The lowest BCUT2D eigenvalue weighted by Gasteiger charge is -2.63. The summed E-state index contributed by atoms with van der Waals surface area (Å²) < 4.78 is 0. The van der Waals surface area contributed by atoms with Crippen molar-refractivity contribution < 1.29 is 0 Å². The van der Waals surface area contributed by atoms with Crippen molar-refractivity contribution in [3.05, 3.63) is 0 Å². The van der Waals surface area contributed by atoms with Gasteiger partial charge in [0.25, 0.3) is 0 Å². The molecule has 14 heavy (non-hydrogen) atoms. The van der Waals surface area contributed by atoms with E-state index in [2.05, 4.69) is 24.1 Å². The third kappa shape index (κ3) is 1.31. The van der Waals surface area contributed by atoms with Gasteiger partial charge >= 0.3 is 0 Å². The molecule has 4 fully saturated rings. The third-order valence-electron chi connectivity index (χ3n) is 4.50. The molecule has 0 aromatic heterocycles. The smallest absolute Gasteiger partial charge is 0.0212 e. The van der Waals surface area contributed by atoms with Crippen molar-refractivity contribution >= 4 is 0 Å². The fraction of sp³-hybridized carbons (Fsp3) is 1.00. The molecule has 1 heterocycles. The van der Waals surface area contributed by atoms with Crippen LogP contribution in [0.4, 0.5) is 0 Å². The topological polar surface area (TPSA) is 15.3 Å². The van der Waals surface area contributed by atoms with Crippen LogP contribution in [-0.2, 0) is 0 Å². The molecule has 4 rings (SSSR count). The molecule has 0 amide bonds. The highest BCUT2D eigenvalue weighted by atomic mass is 15.2. The van der Waals surface area contributed by atoms with Gasteiger partial charge < -0.3 is 5.32 Å². The molecular formula is C12H22N2. The van der Waals surface area contributed by atoms with Gasteiger partial charge in [-0.3, -0.25) is 4.90 Å². The maximum Gasteiger partial charge on any atom is 0.0212 e. The average Bonchev–Trinajstić information content (AvgIpc) is 2.42. The molecule has 0 spiro atoms. The van der Waals surface area contributed by atoms with Gasteiger partial charge in [0, 0.05) is 24.2 Å². The molecule has 3 saturated carbocycles. The van der Waals surface area contributed by atoms with E-state index in [1.165, 1.54) is 38.8 Å². The fourth-order valence-electron chi connectivity index (χ4n) is 3.46. The highest BCUT2D eigenvalue weighted by Crippen LogP contribution is 2.57. The van der Waals surface area contributed by atoms with Crippen molar-refractivity contribution in [2.24, 2.45) is 5.92 Å². The van der Waals surface area contributed by atoms with Gasteiger partial charge in [0.2, 0.25) is 0 Å². The summed E-state index contributed by atoms with van der Waals surface area (Å²) in [5.74, 6) is 1.10. The van der Waals surface area contributed by atoms with Crippen LogP contribution < -0.4 is 5.32 Å². The Balaban J connectivity index is 1.50. The zero-order chi connectivity index (χ0) is 9.76. The van der Waals surface area contributed by atoms with E-state index in [0.717, 1.165) is 18.0 Å². The van der Waals surface area contributed by atoms with Gasteiger partial charge in [0.15, 0.2) is 0 Å². The van der Waals surface area contributed by atoms with E-state index in [4.69, 9.17) is 0 Å². The number of hydrogen-bond donors (Lipinski definition) is 1. The molecule has 1 aliphatic heterocycles. The molecule has 3 aliphatic carbocycles. The maximum atomic E-state index is 3.90. The van der Waals surface area contributed by atoms with Crippen molar-refractivity contribution in [3.8, 4) is 0 Å². The summed E-state index contributed by atoms with van der Waals surface area (Å²) in [7, 11) is 0. The van der Waals surface area contributed by atoms with E-state index < -0.39 is 0 Å². The Morgan fingerprint density at radius 2 is 2.00 bits per heavy atom.